The molecule has 126 valence electrons. The van der Waals surface area contributed by atoms with E-state index >= 15 is 0 Å². The van der Waals surface area contributed by atoms with Crippen LogP contribution in [0.2, 0.25) is 0 Å². The Morgan fingerprint density at radius 2 is 2.21 bits per heavy atom. The Morgan fingerprint density at radius 1 is 1.33 bits per heavy atom. The van der Waals surface area contributed by atoms with Gasteiger partial charge in [0.25, 0.3) is 0 Å². The zero-order valence-corrected chi connectivity index (χ0v) is 17.2. The zero-order valence-electron chi connectivity index (χ0n) is 14.0. The molecular formula is C19H21BrN2S2. The fourth-order valence-electron chi connectivity index (χ4n) is 4.02. The van der Waals surface area contributed by atoms with Gasteiger partial charge >= 0.3 is 0 Å². The number of benzene rings is 1. The van der Waals surface area contributed by atoms with Crippen molar-refractivity contribution in [2.75, 3.05) is 5.75 Å². The first-order valence-electron chi connectivity index (χ1n) is 8.45. The fourth-order valence-corrected chi connectivity index (χ4v) is 6.33. The first-order chi connectivity index (χ1) is 11.5. The van der Waals surface area contributed by atoms with Crippen molar-refractivity contribution in [3.05, 3.63) is 40.4 Å². The quantitative estimate of drug-likeness (QED) is 0.410. The Hall–Kier alpha value is -0.650. The van der Waals surface area contributed by atoms with Crippen LogP contribution in [0.25, 0.3) is 10.6 Å². The molecule has 3 aliphatic carbocycles. The van der Waals surface area contributed by atoms with Gasteiger partial charge in [-0.15, -0.1) is 10.2 Å². The largest absolute Gasteiger partial charge is 0.174 e. The average Bonchev–Trinajstić information content (AvgIpc) is 3.04. The minimum absolute atomic E-state index is 0.533. The highest BCUT2D eigenvalue weighted by atomic mass is 79.9. The molecule has 1 aromatic heterocycles. The molecule has 0 saturated heterocycles. The first kappa shape index (κ1) is 16.8. The molecule has 1 aromatic carbocycles. The number of aromatic nitrogens is 2. The number of allylic oxidation sites excluding steroid dienone is 2. The maximum Gasteiger partial charge on any atom is 0.174 e. The van der Waals surface area contributed by atoms with E-state index in [2.05, 4.69) is 58.2 Å². The van der Waals surface area contributed by atoms with Crippen LogP contribution in [0.3, 0.4) is 0 Å². The standard InChI is InChI=1S/C19H21BrN2S2/c1-19(2)14-7-6-12(16(19)11-14)8-9-23-18-22-21-17(24-18)13-4-3-5-15(20)10-13/h3-6,10,14,16H,7-9,11H2,1-2H3. The summed E-state index contributed by atoms with van der Waals surface area (Å²) >= 11 is 7.05. The van der Waals surface area contributed by atoms with Gasteiger partial charge in [0.15, 0.2) is 4.34 Å². The minimum Gasteiger partial charge on any atom is -0.137 e. The molecule has 24 heavy (non-hydrogen) atoms. The van der Waals surface area contributed by atoms with Gasteiger partial charge < -0.3 is 0 Å². The second kappa shape index (κ2) is 6.58. The smallest absolute Gasteiger partial charge is 0.137 e. The van der Waals surface area contributed by atoms with E-state index in [1.54, 1.807) is 16.9 Å². The van der Waals surface area contributed by atoms with Crippen LogP contribution in [0.4, 0.5) is 0 Å². The third-order valence-corrected chi connectivity index (χ3v) is 8.28. The summed E-state index contributed by atoms with van der Waals surface area (Å²) in [7, 11) is 0. The van der Waals surface area contributed by atoms with E-state index < -0.39 is 0 Å². The summed E-state index contributed by atoms with van der Waals surface area (Å²) in [6, 6.07) is 8.25. The maximum absolute atomic E-state index is 4.36. The summed E-state index contributed by atoms with van der Waals surface area (Å²) < 4.78 is 2.15. The van der Waals surface area contributed by atoms with Crippen LogP contribution < -0.4 is 0 Å². The molecule has 0 radical (unpaired) electrons. The van der Waals surface area contributed by atoms with Crippen LogP contribution in [-0.4, -0.2) is 16.0 Å². The van der Waals surface area contributed by atoms with Crippen molar-refractivity contribution >= 4 is 39.0 Å². The lowest BCUT2D eigenvalue weighted by molar-refractivity contribution is -0.00767. The second-order valence-electron chi connectivity index (χ2n) is 7.30. The fraction of sp³-hybridized carbons (Fsp3) is 0.474. The number of hydrogen-bond donors (Lipinski definition) is 0. The van der Waals surface area contributed by atoms with Gasteiger partial charge in [-0.25, -0.2) is 0 Å². The Kier molecular flexibility index (Phi) is 4.61. The van der Waals surface area contributed by atoms with Crippen molar-refractivity contribution in [1.82, 2.24) is 10.2 Å². The molecule has 0 amide bonds. The van der Waals surface area contributed by atoms with Crippen molar-refractivity contribution in [2.45, 2.75) is 37.4 Å². The van der Waals surface area contributed by atoms with Gasteiger partial charge in [0.1, 0.15) is 5.01 Å². The lowest BCUT2D eigenvalue weighted by Gasteiger charge is -2.56. The van der Waals surface area contributed by atoms with E-state index in [1.807, 2.05) is 23.9 Å². The van der Waals surface area contributed by atoms with E-state index in [0.29, 0.717) is 5.41 Å². The molecular weight excluding hydrogens is 400 g/mol. The Labute approximate surface area is 160 Å². The van der Waals surface area contributed by atoms with Crippen molar-refractivity contribution in [3.8, 4) is 10.6 Å². The summed E-state index contributed by atoms with van der Waals surface area (Å²) in [6.45, 7) is 4.89. The van der Waals surface area contributed by atoms with Crippen molar-refractivity contribution in [3.63, 3.8) is 0 Å². The van der Waals surface area contributed by atoms with E-state index in [1.165, 1.54) is 19.3 Å². The Balaban J connectivity index is 1.35. The topological polar surface area (TPSA) is 25.8 Å². The molecule has 2 bridgehead atoms. The molecule has 2 unspecified atom stereocenters. The highest BCUT2D eigenvalue weighted by molar-refractivity contribution is 9.10. The molecule has 3 aliphatic rings. The molecule has 2 atom stereocenters. The van der Waals surface area contributed by atoms with Gasteiger partial charge in [-0.1, -0.05) is 76.7 Å². The molecule has 5 rings (SSSR count). The van der Waals surface area contributed by atoms with Gasteiger partial charge in [-0.2, -0.15) is 0 Å². The predicted molar refractivity (Wildman–Crippen MR) is 106 cm³/mol. The second-order valence-corrected chi connectivity index (χ2v) is 10.5. The van der Waals surface area contributed by atoms with Crippen molar-refractivity contribution in [2.24, 2.45) is 17.3 Å². The summed E-state index contributed by atoms with van der Waals surface area (Å²) in [5, 5.41) is 9.71. The monoisotopic (exact) mass is 420 g/mol. The molecule has 1 heterocycles. The molecule has 0 aliphatic heterocycles. The number of nitrogens with zero attached hydrogens (tertiary/aromatic N) is 2. The summed E-state index contributed by atoms with van der Waals surface area (Å²) in [5.41, 5.74) is 3.35. The highest BCUT2D eigenvalue weighted by Crippen LogP contribution is 2.59. The third kappa shape index (κ3) is 3.11. The molecule has 5 heteroatoms. The first-order valence-corrected chi connectivity index (χ1v) is 11.0. The van der Waals surface area contributed by atoms with Gasteiger partial charge in [-0.3, -0.25) is 0 Å². The molecule has 1 saturated carbocycles. The van der Waals surface area contributed by atoms with Crippen LogP contribution in [0.1, 0.15) is 33.1 Å². The van der Waals surface area contributed by atoms with Crippen molar-refractivity contribution < 1.29 is 0 Å². The summed E-state index contributed by atoms with van der Waals surface area (Å²) in [4.78, 5) is 0. The van der Waals surface area contributed by atoms with E-state index in [4.69, 9.17) is 0 Å². The number of halogens is 1. The molecule has 1 fully saturated rings. The SMILES string of the molecule is CC1(C)C2CC=C(CCSc3nnc(-c4cccc(Br)c4)s3)C1C2. The van der Waals surface area contributed by atoms with Gasteiger partial charge in [0.05, 0.1) is 0 Å². The minimum atomic E-state index is 0.533. The normalized spacial score (nSPS) is 24.4. The summed E-state index contributed by atoms with van der Waals surface area (Å²) in [6.07, 6.45) is 6.40. The predicted octanol–water partition coefficient (Wildman–Crippen LogP) is 6.44. The van der Waals surface area contributed by atoms with E-state index in [0.717, 1.165) is 37.0 Å². The third-order valence-electron chi connectivity index (χ3n) is 5.68. The van der Waals surface area contributed by atoms with Crippen molar-refractivity contribution in [1.29, 1.82) is 0 Å². The molecule has 2 aromatic rings. The number of fused-ring (bicyclic) bond motifs is 1. The Bertz CT molecular complexity index is 781. The maximum atomic E-state index is 4.36. The van der Waals surface area contributed by atoms with Crippen LogP contribution in [0, 0.1) is 17.3 Å². The van der Waals surface area contributed by atoms with Crippen LogP contribution >= 0.6 is 39.0 Å². The Morgan fingerprint density at radius 3 is 2.96 bits per heavy atom. The van der Waals surface area contributed by atoms with E-state index in [9.17, 15) is 0 Å². The lowest BCUT2D eigenvalue weighted by Crippen LogP contribution is -2.48. The number of thioether (sulfide) groups is 1. The van der Waals surface area contributed by atoms with Crippen LogP contribution in [-0.2, 0) is 0 Å². The summed E-state index contributed by atoms with van der Waals surface area (Å²) in [5.74, 6) is 2.86. The zero-order chi connectivity index (χ0) is 16.7. The van der Waals surface area contributed by atoms with Crippen LogP contribution in [0.15, 0.2) is 44.7 Å². The van der Waals surface area contributed by atoms with Gasteiger partial charge in [0, 0.05) is 15.8 Å². The van der Waals surface area contributed by atoms with Gasteiger partial charge in [-0.05, 0) is 48.6 Å². The average molecular weight is 421 g/mol. The van der Waals surface area contributed by atoms with Crippen LogP contribution in [0.5, 0.6) is 0 Å². The highest BCUT2D eigenvalue weighted by Gasteiger charge is 2.50. The van der Waals surface area contributed by atoms with Gasteiger partial charge in [0.2, 0.25) is 0 Å². The lowest BCUT2D eigenvalue weighted by atomic mass is 9.48. The molecule has 2 nitrogen and oxygen atoms in total. The number of hydrogen-bond acceptors (Lipinski definition) is 4. The molecule has 0 spiro atoms. The number of rotatable bonds is 5. The molecule has 0 N–H and O–H groups in total. The van der Waals surface area contributed by atoms with E-state index in [-0.39, 0.29) is 0 Å².